The summed E-state index contributed by atoms with van der Waals surface area (Å²) in [6, 6.07) is 15.7. The van der Waals surface area contributed by atoms with E-state index >= 15 is 0 Å². The quantitative estimate of drug-likeness (QED) is 0.707. The minimum absolute atomic E-state index is 0.0803. The molecule has 1 amide bonds. The molecule has 2 aromatic carbocycles. The normalized spacial score (nSPS) is 20.2. The zero-order valence-corrected chi connectivity index (χ0v) is 15.9. The van der Waals surface area contributed by atoms with E-state index in [1.54, 1.807) is 12.1 Å². The molecule has 3 rings (SSSR count). The van der Waals surface area contributed by atoms with Crippen LogP contribution in [0, 0.1) is 0 Å². The molecule has 1 fully saturated rings. The molecular formula is C20H25N3O3S. The molecule has 0 unspecified atom stereocenters. The second-order valence-electron chi connectivity index (χ2n) is 6.92. The Labute approximate surface area is 160 Å². The van der Waals surface area contributed by atoms with Crippen molar-refractivity contribution in [1.82, 2.24) is 10.0 Å². The third-order valence-corrected chi connectivity index (χ3v) is 6.22. The molecule has 7 heteroatoms. The van der Waals surface area contributed by atoms with Crippen molar-refractivity contribution in [3.8, 4) is 0 Å². The predicted octanol–water partition coefficient (Wildman–Crippen LogP) is 2.16. The van der Waals surface area contributed by atoms with Gasteiger partial charge in [0, 0.05) is 24.2 Å². The summed E-state index contributed by atoms with van der Waals surface area (Å²) in [5, 5.41) is 2.98. The molecule has 0 spiro atoms. The standard InChI is InChI=1S/C20H25N3O3S/c21-17-9-11-18(12-10-17)23-20(24)16-7-4-8-19(13-16)27(25,26)22-14-15-5-2-1-3-6-15/h1-8,13,17-18,22H,9-12,14,21H2,(H,23,24). The van der Waals surface area contributed by atoms with Crippen molar-refractivity contribution in [2.45, 2.75) is 49.2 Å². The van der Waals surface area contributed by atoms with Crippen molar-refractivity contribution >= 4 is 15.9 Å². The molecule has 2 aromatic rings. The maximum absolute atomic E-state index is 12.5. The summed E-state index contributed by atoms with van der Waals surface area (Å²) < 4.78 is 27.7. The van der Waals surface area contributed by atoms with E-state index in [4.69, 9.17) is 5.73 Å². The Balaban J connectivity index is 1.66. The van der Waals surface area contributed by atoms with Crippen molar-refractivity contribution in [2.24, 2.45) is 5.73 Å². The molecule has 6 nitrogen and oxygen atoms in total. The summed E-state index contributed by atoms with van der Waals surface area (Å²) >= 11 is 0. The Morgan fingerprint density at radius 3 is 2.41 bits per heavy atom. The first-order valence-corrected chi connectivity index (χ1v) is 10.6. The van der Waals surface area contributed by atoms with Crippen LogP contribution in [-0.2, 0) is 16.6 Å². The number of nitrogens with two attached hydrogens (primary N) is 1. The van der Waals surface area contributed by atoms with Crippen molar-refractivity contribution < 1.29 is 13.2 Å². The van der Waals surface area contributed by atoms with Crippen molar-refractivity contribution in [3.63, 3.8) is 0 Å². The molecular weight excluding hydrogens is 362 g/mol. The lowest BCUT2D eigenvalue weighted by atomic mass is 9.91. The van der Waals surface area contributed by atoms with Gasteiger partial charge in [-0.05, 0) is 49.4 Å². The summed E-state index contributed by atoms with van der Waals surface area (Å²) in [4.78, 5) is 12.6. The largest absolute Gasteiger partial charge is 0.349 e. The molecule has 0 aliphatic heterocycles. The van der Waals surface area contributed by atoms with Crippen LogP contribution in [0.1, 0.15) is 41.6 Å². The minimum atomic E-state index is -3.70. The first-order valence-electron chi connectivity index (χ1n) is 9.14. The van der Waals surface area contributed by atoms with Gasteiger partial charge in [0.25, 0.3) is 5.91 Å². The fraction of sp³-hybridized carbons (Fsp3) is 0.350. The topological polar surface area (TPSA) is 101 Å². The Morgan fingerprint density at radius 2 is 1.70 bits per heavy atom. The highest BCUT2D eigenvalue weighted by Crippen LogP contribution is 2.18. The molecule has 0 saturated heterocycles. The van der Waals surface area contributed by atoms with E-state index in [9.17, 15) is 13.2 Å². The van der Waals surface area contributed by atoms with Crippen LogP contribution in [0.3, 0.4) is 0 Å². The van der Waals surface area contributed by atoms with Gasteiger partial charge in [-0.25, -0.2) is 13.1 Å². The molecule has 1 aliphatic carbocycles. The van der Waals surface area contributed by atoms with Crippen LogP contribution in [0.5, 0.6) is 0 Å². The van der Waals surface area contributed by atoms with Gasteiger partial charge in [0.15, 0.2) is 0 Å². The van der Waals surface area contributed by atoms with Gasteiger partial charge in [0.1, 0.15) is 0 Å². The highest BCUT2D eigenvalue weighted by molar-refractivity contribution is 7.89. The Bertz CT molecular complexity index is 876. The average Bonchev–Trinajstić information content (AvgIpc) is 2.69. The second kappa shape index (κ2) is 8.65. The molecule has 144 valence electrons. The number of amides is 1. The number of benzene rings is 2. The zero-order valence-electron chi connectivity index (χ0n) is 15.1. The van der Waals surface area contributed by atoms with E-state index in [0.29, 0.717) is 5.56 Å². The third kappa shape index (κ3) is 5.38. The fourth-order valence-corrected chi connectivity index (χ4v) is 4.26. The lowest BCUT2D eigenvalue weighted by molar-refractivity contribution is 0.0925. The van der Waals surface area contributed by atoms with Crippen molar-refractivity contribution in [1.29, 1.82) is 0 Å². The van der Waals surface area contributed by atoms with Crippen LogP contribution >= 0.6 is 0 Å². The number of carbonyl (C=O) groups excluding carboxylic acids is 1. The van der Waals surface area contributed by atoms with Crippen molar-refractivity contribution in [3.05, 3.63) is 65.7 Å². The fourth-order valence-electron chi connectivity index (χ4n) is 3.19. The molecule has 4 N–H and O–H groups in total. The van der Waals surface area contributed by atoms with Crippen LogP contribution in [0.15, 0.2) is 59.5 Å². The smallest absolute Gasteiger partial charge is 0.251 e. The van der Waals surface area contributed by atoms with E-state index in [1.807, 2.05) is 30.3 Å². The average molecular weight is 388 g/mol. The molecule has 0 aromatic heterocycles. The lowest BCUT2D eigenvalue weighted by Crippen LogP contribution is -2.40. The van der Waals surface area contributed by atoms with E-state index in [1.165, 1.54) is 12.1 Å². The zero-order chi connectivity index (χ0) is 19.3. The molecule has 0 radical (unpaired) electrons. The van der Waals surface area contributed by atoms with Gasteiger partial charge in [-0.2, -0.15) is 0 Å². The number of carbonyl (C=O) groups is 1. The van der Waals surface area contributed by atoms with Crippen LogP contribution in [0.2, 0.25) is 0 Å². The number of hydrogen-bond donors (Lipinski definition) is 3. The molecule has 1 aliphatic rings. The molecule has 0 atom stereocenters. The monoisotopic (exact) mass is 387 g/mol. The SMILES string of the molecule is NC1CCC(NC(=O)c2cccc(S(=O)(=O)NCc3ccccc3)c2)CC1. The number of nitrogens with one attached hydrogen (secondary N) is 2. The molecule has 0 bridgehead atoms. The molecule has 27 heavy (non-hydrogen) atoms. The summed E-state index contributed by atoms with van der Waals surface area (Å²) in [6.45, 7) is 0.196. The van der Waals surface area contributed by atoms with Crippen LogP contribution < -0.4 is 15.8 Å². The Hall–Kier alpha value is -2.22. The molecule has 0 heterocycles. The van der Waals surface area contributed by atoms with Gasteiger partial charge >= 0.3 is 0 Å². The number of rotatable bonds is 6. The van der Waals surface area contributed by atoms with Crippen LogP contribution in [0.4, 0.5) is 0 Å². The maximum atomic E-state index is 12.5. The first-order chi connectivity index (χ1) is 12.9. The predicted molar refractivity (Wildman–Crippen MR) is 105 cm³/mol. The van der Waals surface area contributed by atoms with E-state index in [2.05, 4.69) is 10.0 Å². The third-order valence-electron chi connectivity index (χ3n) is 4.82. The molecule has 1 saturated carbocycles. The van der Waals surface area contributed by atoms with Crippen molar-refractivity contribution in [2.75, 3.05) is 0 Å². The van der Waals surface area contributed by atoms with Crippen LogP contribution in [-0.4, -0.2) is 26.4 Å². The summed E-state index contributed by atoms with van der Waals surface area (Å²) in [5.74, 6) is -0.254. The number of sulfonamides is 1. The second-order valence-corrected chi connectivity index (χ2v) is 8.69. The summed E-state index contributed by atoms with van der Waals surface area (Å²) in [7, 11) is -3.70. The highest BCUT2D eigenvalue weighted by Gasteiger charge is 2.21. The summed E-state index contributed by atoms with van der Waals surface area (Å²) in [6.07, 6.45) is 3.48. The maximum Gasteiger partial charge on any atom is 0.251 e. The van der Waals surface area contributed by atoms with E-state index in [-0.39, 0.29) is 29.4 Å². The van der Waals surface area contributed by atoms with Gasteiger partial charge in [-0.3, -0.25) is 4.79 Å². The van der Waals surface area contributed by atoms with Gasteiger partial charge < -0.3 is 11.1 Å². The van der Waals surface area contributed by atoms with E-state index < -0.39 is 10.0 Å². The summed E-state index contributed by atoms with van der Waals surface area (Å²) in [5.41, 5.74) is 7.10. The minimum Gasteiger partial charge on any atom is -0.349 e. The van der Waals surface area contributed by atoms with E-state index in [0.717, 1.165) is 31.2 Å². The Kier molecular flexibility index (Phi) is 6.26. The van der Waals surface area contributed by atoms with Gasteiger partial charge in [0.05, 0.1) is 4.90 Å². The first kappa shape index (κ1) is 19.5. The Morgan fingerprint density at radius 1 is 1.00 bits per heavy atom. The highest BCUT2D eigenvalue weighted by atomic mass is 32.2. The van der Waals surface area contributed by atoms with Gasteiger partial charge in [0.2, 0.25) is 10.0 Å². The van der Waals surface area contributed by atoms with Crippen LogP contribution in [0.25, 0.3) is 0 Å². The lowest BCUT2D eigenvalue weighted by Gasteiger charge is -2.26. The number of hydrogen-bond acceptors (Lipinski definition) is 4. The van der Waals surface area contributed by atoms with Gasteiger partial charge in [-0.1, -0.05) is 36.4 Å². The van der Waals surface area contributed by atoms with Gasteiger partial charge in [-0.15, -0.1) is 0 Å².